The molecular formula is C33H30Cl2N4O4. The minimum Gasteiger partial charge on any atom is -0.488 e. The van der Waals surface area contributed by atoms with Crippen LogP contribution >= 0.6 is 23.2 Å². The average Bonchev–Trinajstić information content (AvgIpc) is 3.95. The van der Waals surface area contributed by atoms with Crippen LogP contribution in [-0.4, -0.2) is 38.6 Å². The molecule has 0 aromatic heterocycles. The van der Waals surface area contributed by atoms with Crippen LogP contribution in [0.25, 0.3) is 0 Å². The maximum atomic E-state index is 6.05. The Kier molecular flexibility index (Phi) is 8.72. The minimum atomic E-state index is -0.439. The van der Waals surface area contributed by atoms with Gasteiger partial charge in [0.25, 0.3) is 0 Å². The van der Waals surface area contributed by atoms with Gasteiger partial charge in [-0.05, 0) is 83.9 Å². The molecule has 2 atom stereocenters. The lowest BCUT2D eigenvalue weighted by Gasteiger charge is -2.27. The molecule has 8 nitrogen and oxygen atoms in total. The predicted molar refractivity (Wildman–Crippen MR) is 167 cm³/mol. The molecule has 0 amide bonds. The van der Waals surface area contributed by atoms with E-state index in [4.69, 9.17) is 42.1 Å². The van der Waals surface area contributed by atoms with Gasteiger partial charge in [0.05, 0.1) is 24.6 Å². The lowest BCUT2D eigenvalue weighted by atomic mass is 9.78. The molecule has 2 aliphatic rings. The molecule has 0 radical (unpaired) electrons. The predicted octanol–water partition coefficient (Wildman–Crippen LogP) is 9.71. The molecule has 2 saturated heterocycles. The van der Waals surface area contributed by atoms with Gasteiger partial charge in [0.2, 0.25) is 0 Å². The molecule has 4 aromatic carbocycles. The van der Waals surface area contributed by atoms with E-state index >= 15 is 0 Å². The number of hydrogen-bond donors (Lipinski definition) is 0. The topological polar surface area (TPSA) is 93.0 Å². The summed E-state index contributed by atoms with van der Waals surface area (Å²) >= 11 is 12.1. The first-order valence-electron chi connectivity index (χ1n) is 14.0. The summed E-state index contributed by atoms with van der Waals surface area (Å²) in [5.74, 6) is 1.27. The maximum absolute atomic E-state index is 6.05. The summed E-state index contributed by atoms with van der Waals surface area (Å²) < 4.78 is 22.7. The number of rotatable bonds is 12. The van der Waals surface area contributed by atoms with Crippen molar-refractivity contribution in [3.05, 3.63) is 106 Å². The molecular weight excluding hydrogens is 587 g/mol. The first-order chi connectivity index (χ1) is 20.8. The van der Waals surface area contributed by atoms with Gasteiger partial charge >= 0.3 is 0 Å². The summed E-state index contributed by atoms with van der Waals surface area (Å²) in [4.78, 5) is 0. The summed E-state index contributed by atoms with van der Waals surface area (Å²) in [5.41, 5.74) is 4.22. The lowest BCUT2D eigenvalue weighted by Crippen LogP contribution is -2.19. The number of epoxide rings is 2. The van der Waals surface area contributed by atoms with Gasteiger partial charge < -0.3 is 18.9 Å². The van der Waals surface area contributed by atoms with Crippen molar-refractivity contribution in [1.29, 1.82) is 0 Å². The zero-order valence-corrected chi connectivity index (χ0v) is 25.3. The first-order valence-corrected chi connectivity index (χ1v) is 14.7. The number of halogens is 2. The van der Waals surface area contributed by atoms with Crippen LogP contribution < -0.4 is 9.47 Å². The van der Waals surface area contributed by atoms with Crippen molar-refractivity contribution in [1.82, 2.24) is 0 Å². The Balaban J connectivity index is 1.31. The molecule has 43 heavy (non-hydrogen) atoms. The number of nitrogens with zero attached hydrogens (tertiary/aromatic N) is 4. The fourth-order valence-corrected chi connectivity index (χ4v) is 4.56. The van der Waals surface area contributed by atoms with Crippen molar-refractivity contribution in [3.63, 3.8) is 0 Å². The molecule has 0 spiro atoms. The van der Waals surface area contributed by atoms with Crippen molar-refractivity contribution in [2.75, 3.05) is 26.4 Å². The Morgan fingerprint density at radius 3 is 1.40 bits per heavy atom. The highest BCUT2D eigenvalue weighted by Crippen LogP contribution is 2.41. The summed E-state index contributed by atoms with van der Waals surface area (Å²) in [7, 11) is 0. The van der Waals surface area contributed by atoms with Gasteiger partial charge in [-0.2, -0.15) is 10.2 Å². The molecule has 0 aliphatic carbocycles. The summed E-state index contributed by atoms with van der Waals surface area (Å²) in [6.45, 7) is 6.63. The van der Waals surface area contributed by atoms with Crippen molar-refractivity contribution in [3.8, 4) is 11.5 Å². The van der Waals surface area contributed by atoms with E-state index in [0.29, 0.717) is 70.7 Å². The Bertz CT molecular complexity index is 1510. The van der Waals surface area contributed by atoms with Crippen LogP contribution in [0.4, 0.5) is 22.7 Å². The molecule has 2 unspecified atom stereocenters. The second kappa shape index (κ2) is 12.8. The fraction of sp³-hybridized carbons (Fsp3) is 0.273. The number of azo groups is 2. The van der Waals surface area contributed by atoms with Crippen molar-refractivity contribution >= 4 is 46.0 Å². The maximum Gasteiger partial charge on any atom is 0.146 e. The van der Waals surface area contributed by atoms with Crippen LogP contribution in [-0.2, 0) is 14.9 Å². The van der Waals surface area contributed by atoms with Crippen LogP contribution in [0.15, 0.2) is 105 Å². The van der Waals surface area contributed by atoms with Gasteiger partial charge in [0.15, 0.2) is 0 Å². The van der Waals surface area contributed by atoms with Crippen LogP contribution in [0.2, 0.25) is 10.0 Å². The molecule has 2 fully saturated rings. The lowest BCUT2D eigenvalue weighted by molar-refractivity contribution is 0.263. The van der Waals surface area contributed by atoms with E-state index in [9.17, 15) is 0 Å². The minimum absolute atomic E-state index is 0.116. The van der Waals surface area contributed by atoms with Crippen LogP contribution in [0.3, 0.4) is 0 Å². The van der Waals surface area contributed by atoms with Crippen molar-refractivity contribution < 1.29 is 18.9 Å². The molecule has 4 aromatic rings. The Hall–Kier alpha value is -3.82. The van der Waals surface area contributed by atoms with Crippen LogP contribution in [0.1, 0.15) is 25.0 Å². The first kappa shape index (κ1) is 29.3. The van der Waals surface area contributed by atoms with Crippen molar-refractivity contribution in [2.45, 2.75) is 31.5 Å². The van der Waals surface area contributed by atoms with E-state index < -0.39 is 5.41 Å². The molecule has 0 saturated carbocycles. The summed E-state index contributed by atoms with van der Waals surface area (Å²) in [6, 6.07) is 26.4. The zero-order chi connectivity index (χ0) is 29.8. The molecule has 0 N–H and O–H groups in total. The molecule has 0 bridgehead atoms. The molecule has 6 rings (SSSR count). The summed E-state index contributed by atoms with van der Waals surface area (Å²) in [6.07, 6.45) is 0.231. The molecule has 2 aliphatic heterocycles. The van der Waals surface area contributed by atoms with Crippen LogP contribution in [0.5, 0.6) is 11.5 Å². The van der Waals surface area contributed by atoms with Gasteiger partial charge in [-0.1, -0.05) is 49.2 Å². The third kappa shape index (κ3) is 7.77. The fourth-order valence-electron chi connectivity index (χ4n) is 4.31. The number of hydrogen-bond acceptors (Lipinski definition) is 8. The van der Waals surface area contributed by atoms with E-state index in [1.54, 1.807) is 24.3 Å². The highest BCUT2D eigenvalue weighted by molar-refractivity contribution is 6.30. The van der Waals surface area contributed by atoms with E-state index in [2.05, 4.69) is 34.3 Å². The highest BCUT2D eigenvalue weighted by atomic mass is 35.5. The Labute approximate surface area is 260 Å². The quantitative estimate of drug-likeness (QED) is 0.117. The normalized spacial score (nSPS) is 17.9. The standard InChI is InChI=1S/C33H30Cl2N4O4/c1-33(2,21-3-13-31(42-19-27-17-40-27)29(15-21)38-36-25-9-5-23(34)6-10-25)22-4-14-32(43-20-28-18-41-28)30(16-22)39-37-26-11-7-24(35)8-12-26/h3-16,27-28H,17-20H2,1-2H3. The largest absolute Gasteiger partial charge is 0.488 e. The molecule has 220 valence electrons. The number of benzene rings is 4. The second-order valence-electron chi connectivity index (χ2n) is 10.9. The van der Waals surface area contributed by atoms with Gasteiger partial charge in [-0.25, -0.2) is 0 Å². The SMILES string of the molecule is CC(C)(c1ccc(OCC2CO2)c(N=Nc2ccc(Cl)cc2)c1)c1ccc(OCC2CO2)c(N=Nc2ccc(Cl)cc2)c1. The monoisotopic (exact) mass is 616 g/mol. The Morgan fingerprint density at radius 1 is 0.628 bits per heavy atom. The van der Waals surface area contributed by atoms with E-state index in [1.807, 2.05) is 60.7 Å². The second-order valence-corrected chi connectivity index (χ2v) is 11.7. The van der Waals surface area contributed by atoms with E-state index in [0.717, 1.165) is 11.1 Å². The summed E-state index contributed by atoms with van der Waals surface area (Å²) in [5, 5.41) is 19.3. The zero-order valence-electron chi connectivity index (χ0n) is 23.7. The smallest absolute Gasteiger partial charge is 0.146 e. The Morgan fingerprint density at radius 2 is 1.02 bits per heavy atom. The number of ether oxygens (including phenoxy) is 4. The molecule has 10 heteroatoms. The van der Waals surface area contributed by atoms with Gasteiger partial charge in [-0.3, -0.25) is 0 Å². The third-order valence-corrected chi connectivity index (χ3v) is 7.72. The highest BCUT2D eigenvalue weighted by Gasteiger charge is 2.28. The van der Waals surface area contributed by atoms with E-state index in [-0.39, 0.29) is 12.2 Å². The van der Waals surface area contributed by atoms with Crippen molar-refractivity contribution in [2.24, 2.45) is 20.5 Å². The van der Waals surface area contributed by atoms with Crippen LogP contribution in [0, 0.1) is 0 Å². The van der Waals surface area contributed by atoms with Gasteiger partial charge in [0.1, 0.15) is 48.3 Å². The average molecular weight is 618 g/mol. The van der Waals surface area contributed by atoms with E-state index in [1.165, 1.54) is 0 Å². The molecule has 2 heterocycles. The third-order valence-electron chi connectivity index (χ3n) is 7.22. The van der Waals surface area contributed by atoms with Gasteiger partial charge in [-0.15, -0.1) is 10.2 Å². The van der Waals surface area contributed by atoms with Gasteiger partial charge in [0, 0.05) is 15.5 Å².